The number of hydrogen-bond acceptors (Lipinski definition) is 7. The van der Waals surface area contributed by atoms with Gasteiger partial charge >= 0.3 is 0 Å². The van der Waals surface area contributed by atoms with Gasteiger partial charge in [0.25, 0.3) is 5.91 Å². The van der Waals surface area contributed by atoms with Crippen LogP contribution in [0.1, 0.15) is 34.8 Å². The van der Waals surface area contributed by atoms with Crippen LogP contribution >= 0.6 is 27.5 Å². The molecular weight excluding hydrogens is 672 g/mol. The van der Waals surface area contributed by atoms with Crippen LogP contribution in [0.3, 0.4) is 0 Å². The Balaban J connectivity index is 1.52. The Labute approximate surface area is 280 Å². The van der Waals surface area contributed by atoms with Crippen molar-refractivity contribution in [2.45, 2.75) is 30.9 Å². The van der Waals surface area contributed by atoms with E-state index in [-0.39, 0.29) is 18.9 Å². The summed E-state index contributed by atoms with van der Waals surface area (Å²) < 4.78 is 13.0. The van der Waals surface area contributed by atoms with Crippen molar-refractivity contribution in [1.82, 2.24) is 10.9 Å². The number of rotatable bonds is 14. The molecule has 46 heavy (non-hydrogen) atoms. The summed E-state index contributed by atoms with van der Waals surface area (Å²) in [6.07, 6.45) is 0.393. The van der Waals surface area contributed by atoms with Gasteiger partial charge in [-0.15, -0.1) is 0 Å². The zero-order valence-electron chi connectivity index (χ0n) is 24.8. The number of hydrazine groups is 1. The van der Waals surface area contributed by atoms with Crippen LogP contribution < -0.4 is 15.6 Å². The standard InChI is InChI=1S/C34H32BrClN6O4/c35-29-8-3-2-7-28(29)31-34(22-25-6-1-4-9-30(25)40-42-37,33(44)41-38-19-18-23-10-14-26(36)15-11-23)39-32(46-31)24-12-16-27(17-13-24)45-21-5-20-43/h1-4,6-17,31,38,43H,5,18-22H2,(H,41,44)/t31-,34-/m0/s1. The number of carbonyl (C=O) groups excluding carboxylic acids is 1. The fraction of sp³-hybridized carbons (Fsp3) is 0.235. The fourth-order valence-corrected chi connectivity index (χ4v) is 5.77. The number of aliphatic hydroxyl groups is 1. The monoisotopic (exact) mass is 702 g/mol. The quantitative estimate of drug-likeness (QED) is 0.0420. The van der Waals surface area contributed by atoms with Gasteiger partial charge in [0, 0.05) is 57.2 Å². The molecule has 3 N–H and O–H groups in total. The van der Waals surface area contributed by atoms with Crippen LogP contribution in [0, 0.1) is 0 Å². The molecule has 4 aromatic rings. The van der Waals surface area contributed by atoms with Gasteiger partial charge in [-0.3, -0.25) is 10.2 Å². The lowest BCUT2D eigenvalue weighted by atomic mass is 9.81. The normalized spacial score (nSPS) is 17.0. The van der Waals surface area contributed by atoms with Crippen molar-refractivity contribution in [2.24, 2.45) is 10.1 Å². The average molecular weight is 704 g/mol. The number of nitrogens with one attached hydrogen (secondary N) is 2. The summed E-state index contributed by atoms with van der Waals surface area (Å²) in [5, 5.41) is 13.6. The van der Waals surface area contributed by atoms with E-state index >= 15 is 0 Å². The van der Waals surface area contributed by atoms with Gasteiger partial charge in [-0.1, -0.05) is 87.2 Å². The van der Waals surface area contributed by atoms with Gasteiger partial charge in [-0.05, 0) is 65.5 Å². The van der Waals surface area contributed by atoms with Gasteiger partial charge in [-0.25, -0.2) is 10.4 Å². The summed E-state index contributed by atoms with van der Waals surface area (Å²) in [5.74, 6) is 0.495. The highest BCUT2D eigenvalue weighted by Crippen LogP contribution is 2.45. The Kier molecular flexibility index (Phi) is 11.3. The largest absolute Gasteiger partial charge is 0.494 e. The molecule has 2 atom stereocenters. The van der Waals surface area contributed by atoms with E-state index in [1.807, 2.05) is 72.8 Å². The number of carbonyl (C=O) groups is 1. The molecule has 10 nitrogen and oxygen atoms in total. The van der Waals surface area contributed by atoms with Crippen molar-refractivity contribution in [3.63, 3.8) is 0 Å². The Bertz CT molecular complexity index is 1730. The highest BCUT2D eigenvalue weighted by Gasteiger charge is 2.54. The molecule has 0 unspecified atom stereocenters. The molecule has 1 heterocycles. The lowest BCUT2D eigenvalue weighted by Gasteiger charge is -2.31. The van der Waals surface area contributed by atoms with Gasteiger partial charge in [0.15, 0.2) is 11.6 Å². The number of aliphatic imine (C=N–C) groups is 1. The summed E-state index contributed by atoms with van der Waals surface area (Å²) in [6, 6.07) is 29.4. The summed E-state index contributed by atoms with van der Waals surface area (Å²) in [5.41, 5.74) is 17.2. The SMILES string of the molecule is [N-]=[N+]=Nc1ccccc1C[C@]1(C(=O)NNCCc2ccc(Cl)cc2)N=C(c2ccc(OCCCO)cc2)O[C@H]1c1ccccc1Br. The van der Waals surface area contributed by atoms with Crippen molar-refractivity contribution < 1.29 is 19.4 Å². The third kappa shape index (κ3) is 7.88. The first-order valence-corrected chi connectivity index (χ1v) is 15.9. The smallest absolute Gasteiger partial charge is 0.266 e. The molecule has 5 rings (SSSR count). The van der Waals surface area contributed by atoms with Crippen LogP contribution in [-0.2, 0) is 22.4 Å². The number of amides is 1. The molecular formula is C34H32BrClN6O4. The summed E-state index contributed by atoms with van der Waals surface area (Å²) in [6.45, 7) is 0.881. The predicted octanol–water partition coefficient (Wildman–Crippen LogP) is 7.17. The van der Waals surface area contributed by atoms with Crippen molar-refractivity contribution in [1.29, 1.82) is 0 Å². The number of aliphatic hydroxyl groups excluding tert-OH is 1. The lowest BCUT2D eigenvalue weighted by molar-refractivity contribution is -0.130. The molecule has 1 aliphatic rings. The number of hydrogen-bond donors (Lipinski definition) is 3. The summed E-state index contributed by atoms with van der Waals surface area (Å²) in [4.78, 5) is 22.5. The predicted molar refractivity (Wildman–Crippen MR) is 181 cm³/mol. The van der Waals surface area contributed by atoms with E-state index in [0.717, 1.165) is 15.6 Å². The van der Waals surface area contributed by atoms with Crippen LogP contribution in [0.5, 0.6) is 5.75 Å². The van der Waals surface area contributed by atoms with E-state index in [2.05, 4.69) is 36.8 Å². The molecule has 0 bridgehead atoms. The Morgan fingerprint density at radius 2 is 1.80 bits per heavy atom. The Hall–Kier alpha value is -4.38. The molecule has 0 aromatic heterocycles. The van der Waals surface area contributed by atoms with Gasteiger partial charge in [0.2, 0.25) is 5.90 Å². The van der Waals surface area contributed by atoms with Crippen LogP contribution in [0.25, 0.3) is 10.4 Å². The molecule has 1 amide bonds. The zero-order chi connectivity index (χ0) is 32.4. The maximum Gasteiger partial charge on any atom is 0.266 e. The number of halogens is 2. The van der Waals surface area contributed by atoms with E-state index < -0.39 is 17.6 Å². The molecule has 0 radical (unpaired) electrons. The highest BCUT2D eigenvalue weighted by molar-refractivity contribution is 9.10. The third-order valence-corrected chi connectivity index (χ3v) is 8.45. The lowest BCUT2D eigenvalue weighted by Crippen LogP contribution is -2.54. The van der Waals surface area contributed by atoms with Gasteiger partial charge in [0.05, 0.1) is 6.61 Å². The molecule has 0 saturated heterocycles. The highest BCUT2D eigenvalue weighted by atomic mass is 79.9. The molecule has 12 heteroatoms. The van der Waals surface area contributed by atoms with Crippen molar-refractivity contribution in [3.8, 4) is 5.75 Å². The zero-order valence-corrected chi connectivity index (χ0v) is 27.1. The van der Waals surface area contributed by atoms with Crippen LogP contribution in [0.15, 0.2) is 112 Å². The van der Waals surface area contributed by atoms with Crippen LogP contribution in [-0.4, -0.2) is 42.2 Å². The topological polar surface area (TPSA) is 141 Å². The van der Waals surface area contributed by atoms with E-state index in [9.17, 15) is 10.3 Å². The van der Waals surface area contributed by atoms with Crippen LogP contribution in [0.4, 0.5) is 5.69 Å². The maximum absolute atomic E-state index is 14.4. The minimum Gasteiger partial charge on any atom is -0.494 e. The van der Waals surface area contributed by atoms with Crippen LogP contribution in [0.2, 0.25) is 5.02 Å². The second-order valence-corrected chi connectivity index (χ2v) is 11.9. The van der Waals surface area contributed by atoms with Crippen molar-refractivity contribution in [3.05, 3.63) is 139 Å². The number of ether oxygens (including phenoxy) is 2. The van der Waals surface area contributed by atoms with E-state index in [0.29, 0.717) is 53.6 Å². The Morgan fingerprint density at radius 1 is 1.07 bits per heavy atom. The molecule has 0 aliphatic carbocycles. The van der Waals surface area contributed by atoms with Crippen molar-refractivity contribution in [2.75, 3.05) is 19.8 Å². The summed E-state index contributed by atoms with van der Waals surface area (Å²) in [7, 11) is 0. The van der Waals surface area contributed by atoms with Gasteiger partial charge < -0.3 is 14.6 Å². The Morgan fingerprint density at radius 3 is 2.54 bits per heavy atom. The molecule has 0 saturated carbocycles. The van der Waals surface area contributed by atoms with Gasteiger partial charge in [0.1, 0.15) is 5.75 Å². The average Bonchev–Trinajstić information content (AvgIpc) is 3.45. The number of benzene rings is 4. The third-order valence-electron chi connectivity index (χ3n) is 7.48. The minimum atomic E-state index is -1.51. The number of nitrogens with zero attached hydrogens (tertiary/aromatic N) is 4. The number of azide groups is 1. The maximum atomic E-state index is 14.4. The first-order valence-electron chi connectivity index (χ1n) is 14.7. The van der Waals surface area contributed by atoms with E-state index in [4.69, 9.17) is 31.2 Å². The molecule has 236 valence electrons. The molecule has 4 aromatic carbocycles. The minimum absolute atomic E-state index is 0.0438. The second kappa shape index (κ2) is 15.8. The van der Waals surface area contributed by atoms with Crippen molar-refractivity contribution >= 4 is 45.0 Å². The fourth-order valence-electron chi connectivity index (χ4n) is 5.15. The first kappa shape index (κ1) is 33.0. The van der Waals surface area contributed by atoms with E-state index in [1.165, 1.54) is 0 Å². The first-order chi connectivity index (χ1) is 22.4. The molecule has 0 fully saturated rings. The van der Waals surface area contributed by atoms with Gasteiger partial charge in [-0.2, -0.15) is 0 Å². The molecule has 1 aliphatic heterocycles. The van der Waals surface area contributed by atoms with E-state index in [1.54, 1.807) is 24.3 Å². The molecule has 0 spiro atoms. The second-order valence-electron chi connectivity index (χ2n) is 10.6. The summed E-state index contributed by atoms with van der Waals surface area (Å²) >= 11 is 9.68.